The first-order valence-corrected chi connectivity index (χ1v) is 7.50. The molecule has 2 aromatic rings. The number of hydrogen-bond donors (Lipinski definition) is 2. The zero-order valence-corrected chi connectivity index (χ0v) is 12.8. The number of thioether (sulfide) groups is 1. The fourth-order valence-electron chi connectivity index (χ4n) is 1.80. The molecule has 0 fully saturated rings. The number of aryl methyl sites for hydroxylation is 1. The molecule has 0 radical (unpaired) electrons. The summed E-state index contributed by atoms with van der Waals surface area (Å²) in [6, 6.07) is 10.3. The second-order valence-corrected chi connectivity index (χ2v) is 5.79. The minimum absolute atomic E-state index is 0.176. The largest absolute Gasteiger partial charge is 0.398 e. The van der Waals surface area contributed by atoms with Crippen LogP contribution in [-0.2, 0) is 4.79 Å². The van der Waals surface area contributed by atoms with E-state index in [1.54, 1.807) is 19.1 Å². The fourth-order valence-corrected chi connectivity index (χ4v) is 2.67. The van der Waals surface area contributed by atoms with Crippen LogP contribution in [0.4, 0.5) is 15.8 Å². The molecule has 0 saturated carbocycles. The zero-order chi connectivity index (χ0) is 15.4. The van der Waals surface area contributed by atoms with Crippen molar-refractivity contribution >= 4 is 29.0 Å². The van der Waals surface area contributed by atoms with Gasteiger partial charge in [-0.05, 0) is 49.2 Å². The average molecular weight is 304 g/mol. The maximum absolute atomic E-state index is 13.4. The number of nitrogens with one attached hydrogen (secondary N) is 1. The summed E-state index contributed by atoms with van der Waals surface area (Å²) >= 11 is 1.41. The summed E-state index contributed by atoms with van der Waals surface area (Å²) in [5.74, 6) is -0.253. The van der Waals surface area contributed by atoms with Gasteiger partial charge in [0, 0.05) is 16.3 Å². The molecule has 0 saturated heterocycles. The molecule has 0 bridgehead atoms. The molecule has 110 valence electrons. The molecule has 2 aromatic carbocycles. The second kappa shape index (κ2) is 6.63. The Hall–Kier alpha value is -2.01. The monoisotopic (exact) mass is 304 g/mol. The molecule has 3 nitrogen and oxygen atoms in total. The van der Waals surface area contributed by atoms with Gasteiger partial charge in [0.05, 0.1) is 5.75 Å². The second-order valence-electron chi connectivity index (χ2n) is 4.77. The van der Waals surface area contributed by atoms with Crippen LogP contribution in [0.3, 0.4) is 0 Å². The van der Waals surface area contributed by atoms with Crippen LogP contribution in [0.5, 0.6) is 0 Å². The van der Waals surface area contributed by atoms with Crippen molar-refractivity contribution in [3.8, 4) is 0 Å². The highest BCUT2D eigenvalue weighted by Gasteiger charge is 2.08. The van der Waals surface area contributed by atoms with Crippen LogP contribution in [-0.4, -0.2) is 11.7 Å². The van der Waals surface area contributed by atoms with Crippen LogP contribution in [0.2, 0.25) is 0 Å². The number of hydrogen-bond acceptors (Lipinski definition) is 3. The van der Waals surface area contributed by atoms with Gasteiger partial charge >= 0.3 is 0 Å². The van der Waals surface area contributed by atoms with E-state index in [1.807, 2.05) is 25.1 Å². The number of rotatable bonds is 4. The summed E-state index contributed by atoms with van der Waals surface area (Å²) in [5.41, 5.74) is 8.52. The van der Waals surface area contributed by atoms with E-state index in [1.165, 1.54) is 17.8 Å². The first kappa shape index (κ1) is 15.4. The Morgan fingerprint density at radius 1 is 1.29 bits per heavy atom. The summed E-state index contributed by atoms with van der Waals surface area (Å²) in [6.07, 6.45) is 0. The highest BCUT2D eigenvalue weighted by molar-refractivity contribution is 8.00. The number of nitrogens with two attached hydrogens (primary N) is 1. The third-order valence-electron chi connectivity index (χ3n) is 3.14. The quantitative estimate of drug-likeness (QED) is 0.668. The molecule has 0 heterocycles. The summed E-state index contributed by atoms with van der Waals surface area (Å²) < 4.78 is 13.4. The Kier molecular flexibility index (Phi) is 4.85. The highest BCUT2D eigenvalue weighted by Crippen LogP contribution is 2.26. The average Bonchev–Trinajstić information content (AvgIpc) is 2.44. The number of nitrogen functional groups attached to an aromatic ring is 1. The van der Waals surface area contributed by atoms with Crippen molar-refractivity contribution in [3.63, 3.8) is 0 Å². The smallest absolute Gasteiger partial charge is 0.234 e. The molecule has 0 aromatic heterocycles. The molecule has 0 spiro atoms. The van der Waals surface area contributed by atoms with Crippen LogP contribution in [0.1, 0.15) is 11.1 Å². The Bertz CT molecular complexity index is 673. The van der Waals surface area contributed by atoms with E-state index in [-0.39, 0.29) is 17.5 Å². The van der Waals surface area contributed by atoms with Gasteiger partial charge in [0.25, 0.3) is 0 Å². The van der Waals surface area contributed by atoms with Gasteiger partial charge in [-0.15, -0.1) is 11.8 Å². The van der Waals surface area contributed by atoms with Crippen LogP contribution in [0, 0.1) is 19.7 Å². The third-order valence-corrected chi connectivity index (χ3v) is 4.30. The first-order valence-electron chi connectivity index (χ1n) is 6.51. The lowest BCUT2D eigenvalue weighted by Crippen LogP contribution is -2.14. The molecule has 3 N–H and O–H groups in total. The molecular weight excluding hydrogens is 287 g/mol. The summed E-state index contributed by atoms with van der Waals surface area (Å²) in [7, 11) is 0. The summed E-state index contributed by atoms with van der Waals surface area (Å²) in [4.78, 5) is 12.9. The lowest BCUT2D eigenvalue weighted by Gasteiger charge is -2.09. The van der Waals surface area contributed by atoms with Crippen molar-refractivity contribution in [1.29, 1.82) is 0 Å². The number of benzene rings is 2. The predicted molar refractivity (Wildman–Crippen MR) is 86.1 cm³/mol. The fraction of sp³-hybridized carbons (Fsp3) is 0.188. The third kappa shape index (κ3) is 3.98. The topological polar surface area (TPSA) is 55.1 Å². The van der Waals surface area contributed by atoms with Crippen LogP contribution in [0.25, 0.3) is 0 Å². The Labute approximate surface area is 127 Å². The zero-order valence-electron chi connectivity index (χ0n) is 11.9. The predicted octanol–water partition coefficient (Wildman–Crippen LogP) is 3.76. The van der Waals surface area contributed by atoms with Crippen molar-refractivity contribution < 1.29 is 9.18 Å². The molecule has 0 unspecified atom stereocenters. The van der Waals surface area contributed by atoms with Gasteiger partial charge in [-0.25, -0.2) is 4.39 Å². The minimum Gasteiger partial charge on any atom is -0.398 e. The Balaban J connectivity index is 1.96. The van der Waals surface area contributed by atoms with E-state index in [0.29, 0.717) is 16.9 Å². The molecule has 0 aliphatic heterocycles. The SMILES string of the molecule is Cc1ccc(NC(=O)CSc2cccc(N)c2C)cc1F. The van der Waals surface area contributed by atoms with Gasteiger partial charge < -0.3 is 11.1 Å². The molecule has 0 atom stereocenters. The maximum Gasteiger partial charge on any atom is 0.234 e. The van der Waals surface area contributed by atoms with Crippen molar-refractivity contribution in [2.45, 2.75) is 18.7 Å². The molecule has 21 heavy (non-hydrogen) atoms. The van der Waals surface area contributed by atoms with Gasteiger partial charge in [-0.1, -0.05) is 12.1 Å². The molecule has 2 rings (SSSR count). The van der Waals surface area contributed by atoms with Gasteiger partial charge in [-0.3, -0.25) is 4.79 Å². The van der Waals surface area contributed by atoms with E-state index in [9.17, 15) is 9.18 Å². The van der Waals surface area contributed by atoms with Gasteiger partial charge in [0.1, 0.15) is 5.82 Å². The van der Waals surface area contributed by atoms with Gasteiger partial charge in [-0.2, -0.15) is 0 Å². The van der Waals surface area contributed by atoms with Gasteiger partial charge in [0.15, 0.2) is 0 Å². The first-order chi connectivity index (χ1) is 9.97. The highest BCUT2D eigenvalue weighted by atomic mass is 32.2. The molecule has 0 aliphatic carbocycles. The van der Waals surface area contributed by atoms with E-state index >= 15 is 0 Å². The number of halogens is 1. The van der Waals surface area contributed by atoms with Crippen molar-refractivity contribution in [2.75, 3.05) is 16.8 Å². The molecule has 0 aliphatic rings. The normalized spacial score (nSPS) is 10.4. The Morgan fingerprint density at radius 2 is 2.05 bits per heavy atom. The molecular formula is C16H17FN2OS. The number of amides is 1. The Morgan fingerprint density at radius 3 is 2.76 bits per heavy atom. The lowest BCUT2D eigenvalue weighted by molar-refractivity contribution is -0.113. The van der Waals surface area contributed by atoms with Crippen molar-refractivity contribution in [3.05, 3.63) is 53.3 Å². The van der Waals surface area contributed by atoms with Crippen LogP contribution in [0.15, 0.2) is 41.3 Å². The van der Waals surface area contributed by atoms with E-state index in [0.717, 1.165) is 10.5 Å². The van der Waals surface area contributed by atoms with Crippen molar-refractivity contribution in [1.82, 2.24) is 0 Å². The maximum atomic E-state index is 13.4. The number of carbonyl (C=O) groups is 1. The number of anilines is 2. The van der Waals surface area contributed by atoms with E-state index in [2.05, 4.69) is 5.32 Å². The minimum atomic E-state index is -0.327. The number of carbonyl (C=O) groups excluding carboxylic acids is 1. The van der Waals surface area contributed by atoms with Crippen molar-refractivity contribution in [2.24, 2.45) is 0 Å². The lowest BCUT2D eigenvalue weighted by atomic mass is 10.2. The van der Waals surface area contributed by atoms with Crippen LogP contribution >= 0.6 is 11.8 Å². The van der Waals surface area contributed by atoms with E-state index < -0.39 is 0 Å². The summed E-state index contributed by atoms with van der Waals surface area (Å²) in [6.45, 7) is 3.60. The molecule has 1 amide bonds. The summed E-state index contributed by atoms with van der Waals surface area (Å²) in [5, 5.41) is 2.68. The standard InChI is InChI=1S/C16H17FN2OS/c1-10-6-7-12(8-13(10)17)19-16(20)9-21-15-5-3-4-14(18)11(15)2/h3-8H,9,18H2,1-2H3,(H,19,20). The van der Waals surface area contributed by atoms with Gasteiger partial charge in [0.2, 0.25) is 5.91 Å². The van der Waals surface area contributed by atoms with E-state index in [4.69, 9.17) is 5.73 Å². The van der Waals surface area contributed by atoms with Crippen LogP contribution < -0.4 is 11.1 Å². The molecule has 5 heteroatoms.